The molecule has 3 aliphatic heterocycles. The highest BCUT2D eigenvalue weighted by molar-refractivity contribution is 5.95. The molecule has 2 amide bonds. The fourth-order valence-corrected chi connectivity index (χ4v) is 5.29. The molecule has 0 aliphatic carbocycles. The van der Waals surface area contributed by atoms with E-state index in [1.807, 2.05) is 53.4 Å². The first-order valence-corrected chi connectivity index (χ1v) is 12.3. The van der Waals surface area contributed by atoms with Gasteiger partial charge in [-0.1, -0.05) is 48.5 Å². The number of benzene rings is 2. The molecule has 3 fully saturated rings. The Hall–Kier alpha value is -2.90. The van der Waals surface area contributed by atoms with Crippen molar-refractivity contribution >= 4 is 12.0 Å². The van der Waals surface area contributed by atoms with Crippen LogP contribution in [0.25, 0.3) is 0 Å². The minimum Gasteiger partial charge on any atom is -0.441 e. The van der Waals surface area contributed by atoms with Crippen LogP contribution in [0.1, 0.15) is 40.7 Å². The number of ether oxygens (including phenoxy) is 2. The summed E-state index contributed by atoms with van der Waals surface area (Å²) in [7, 11) is 0. The van der Waals surface area contributed by atoms with Crippen molar-refractivity contribution in [1.29, 1.82) is 0 Å². The molecule has 180 valence electrons. The summed E-state index contributed by atoms with van der Waals surface area (Å²) in [6, 6.07) is 17.9. The largest absolute Gasteiger partial charge is 0.441 e. The van der Waals surface area contributed by atoms with Crippen molar-refractivity contribution in [2.75, 3.05) is 45.9 Å². The van der Waals surface area contributed by atoms with Crippen LogP contribution >= 0.6 is 0 Å². The van der Waals surface area contributed by atoms with Gasteiger partial charge < -0.3 is 14.4 Å². The minimum absolute atomic E-state index is 0.0753. The molecule has 0 radical (unpaired) electrons. The van der Waals surface area contributed by atoms with Gasteiger partial charge in [-0.15, -0.1) is 0 Å². The van der Waals surface area contributed by atoms with Gasteiger partial charge in [0.25, 0.3) is 5.91 Å². The molecule has 0 saturated carbocycles. The second kappa shape index (κ2) is 10.2. The summed E-state index contributed by atoms with van der Waals surface area (Å²) < 4.78 is 11.4. The van der Waals surface area contributed by atoms with E-state index in [0.717, 1.165) is 62.4 Å². The van der Waals surface area contributed by atoms with Gasteiger partial charge in [0.2, 0.25) is 0 Å². The number of carbonyl (C=O) groups excluding carboxylic acids is 2. The Morgan fingerprint density at radius 2 is 1.65 bits per heavy atom. The summed E-state index contributed by atoms with van der Waals surface area (Å²) in [4.78, 5) is 32.3. The van der Waals surface area contributed by atoms with Gasteiger partial charge in [-0.05, 0) is 30.0 Å². The van der Waals surface area contributed by atoms with Crippen LogP contribution in [0.5, 0.6) is 0 Å². The number of nitrogens with zero attached hydrogens (tertiary/aromatic N) is 3. The summed E-state index contributed by atoms with van der Waals surface area (Å²) in [6.07, 6.45) is 2.02. The molecule has 34 heavy (non-hydrogen) atoms. The van der Waals surface area contributed by atoms with Crippen LogP contribution in [0.3, 0.4) is 0 Å². The Labute approximate surface area is 201 Å². The summed E-state index contributed by atoms with van der Waals surface area (Å²) in [5, 5.41) is 0. The van der Waals surface area contributed by atoms with Gasteiger partial charge in [0.05, 0.1) is 19.8 Å². The van der Waals surface area contributed by atoms with E-state index in [1.54, 1.807) is 4.90 Å². The van der Waals surface area contributed by atoms with Gasteiger partial charge in [0.15, 0.2) is 0 Å². The Balaban J connectivity index is 1.24. The Bertz CT molecular complexity index is 1010. The van der Waals surface area contributed by atoms with Gasteiger partial charge in [0, 0.05) is 51.3 Å². The number of morpholine rings is 1. The van der Waals surface area contributed by atoms with E-state index < -0.39 is 5.60 Å². The number of rotatable bonds is 5. The third-order valence-corrected chi connectivity index (χ3v) is 7.19. The predicted molar refractivity (Wildman–Crippen MR) is 128 cm³/mol. The fourth-order valence-electron chi connectivity index (χ4n) is 5.29. The first-order valence-electron chi connectivity index (χ1n) is 12.3. The first kappa shape index (κ1) is 22.9. The third kappa shape index (κ3) is 5.10. The SMILES string of the molecule is O=C1OC2(CCCN(C(=O)c3ccccc3CN3CCOCC3)CC2)CN1Cc1ccccc1. The van der Waals surface area contributed by atoms with Gasteiger partial charge in [-0.3, -0.25) is 14.6 Å². The highest BCUT2D eigenvalue weighted by Crippen LogP contribution is 2.34. The highest BCUT2D eigenvalue weighted by atomic mass is 16.6. The molecule has 1 unspecified atom stereocenters. The first-order chi connectivity index (χ1) is 16.6. The predicted octanol–water partition coefficient (Wildman–Crippen LogP) is 3.54. The quantitative estimate of drug-likeness (QED) is 0.679. The Kier molecular flexibility index (Phi) is 6.83. The van der Waals surface area contributed by atoms with Crippen molar-refractivity contribution in [2.24, 2.45) is 0 Å². The molecule has 0 N–H and O–H groups in total. The maximum absolute atomic E-state index is 13.6. The molecule has 1 spiro atoms. The molecule has 3 aliphatic rings. The Morgan fingerprint density at radius 1 is 0.882 bits per heavy atom. The van der Waals surface area contributed by atoms with Crippen LogP contribution in [0.15, 0.2) is 54.6 Å². The lowest BCUT2D eigenvalue weighted by Gasteiger charge is -2.28. The van der Waals surface area contributed by atoms with Crippen molar-refractivity contribution in [3.63, 3.8) is 0 Å². The molecule has 0 aromatic heterocycles. The van der Waals surface area contributed by atoms with Crippen LogP contribution < -0.4 is 0 Å². The maximum atomic E-state index is 13.6. The molecule has 1 atom stereocenters. The van der Waals surface area contributed by atoms with Crippen molar-refractivity contribution < 1.29 is 19.1 Å². The number of hydrogen-bond donors (Lipinski definition) is 0. The van der Waals surface area contributed by atoms with Gasteiger partial charge in [0.1, 0.15) is 5.60 Å². The van der Waals surface area contributed by atoms with E-state index in [0.29, 0.717) is 32.6 Å². The molecule has 7 heteroatoms. The van der Waals surface area contributed by atoms with E-state index in [2.05, 4.69) is 11.0 Å². The van der Waals surface area contributed by atoms with E-state index in [9.17, 15) is 9.59 Å². The van der Waals surface area contributed by atoms with E-state index in [-0.39, 0.29) is 12.0 Å². The van der Waals surface area contributed by atoms with Gasteiger partial charge in [-0.2, -0.15) is 0 Å². The van der Waals surface area contributed by atoms with E-state index >= 15 is 0 Å². The number of amides is 2. The lowest BCUT2D eigenvalue weighted by atomic mass is 9.95. The summed E-state index contributed by atoms with van der Waals surface area (Å²) in [5.74, 6) is 0.0753. The minimum atomic E-state index is -0.506. The van der Waals surface area contributed by atoms with Crippen molar-refractivity contribution in [2.45, 2.75) is 38.0 Å². The van der Waals surface area contributed by atoms with Crippen LogP contribution in [0.4, 0.5) is 4.79 Å². The molecule has 2 aromatic carbocycles. The number of hydrogen-bond acceptors (Lipinski definition) is 5. The van der Waals surface area contributed by atoms with Crippen molar-refractivity contribution in [3.05, 3.63) is 71.3 Å². The fraction of sp³-hybridized carbons (Fsp3) is 0.481. The molecular weight excluding hydrogens is 430 g/mol. The van der Waals surface area contributed by atoms with Gasteiger partial charge >= 0.3 is 6.09 Å². The topological polar surface area (TPSA) is 62.3 Å². The average molecular weight is 464 g/mol. The zero-order chi connectivity index (χ0) is 23.4. The van der Waals surface area contributed by atoms with Crippen molar-refractivity contribution in [1.82, 2.24) is 14.7 Å². The molecule has 0 bridgehead atoms. The van der Waals surface area contributed by atoms with Crippen LogP contribution in [-0.2, 0) is 22.6 Å². The van der Waals surface area contributed by atoms with Crippen LogP contribution in [-0.4, -0.2) is 78.2 Å². The maximum Gasteiger partial charge on any atom is 0.410 e. The van der Waals surface area contributed by atoms with Crippen LogP contribution in [0, 0.1) is 0 Å². The normalized spacial score (nSPS) is 23.7. The van der Waals surface area contributed by atoms with Crippen molar-refractivity contribution in [3.8, 4) is 0 Å². The zero-order valence-electron chi connectivity index (χ0n) is 19.7. The van der Waals surface area contributed by atoms with Gasteiger partial charge in [-0.25, -0.2) is 4.79 Å². The smallest absolute Gasteiger partial charge is 0.410 e. The second-order valence-electron chi connectivity index (χ2n) is 9.58. The molecule has 3 heterocycles. The van der Waals surface area contributed by atoms with E-state index in [1.165, 1.54) is 0 Å². The lowest BCUT2D eigenvalue weighted by molar-refractivity contribution is 0.0339. The zero-order valence-corrected chi connectivity index (χ0v) is 19.7. The molecular formula is C27H33N3O4. The summed E-state index contributed by atoms with van der Waals surface area (Å²) in [6.45, 7) is 6.43. The highest BCUT2D eigenvalue weighted by Gasteiger charge is 2.46. The average Bonchev–Trinajstić information content (AvgIpc) is 3.03. The molecule has 2 aromatic rings. The monoisotopic (exact) mass is 463 g/mol. The van der Waals surface area contributed by atoms with Crippen LogP contribution in [0.2, 0.25) is 0 Å². The summed E-state index contributed by atoms with van der Waals surface area (Å²) in [5.41, 5.74) is 2.43. The number of carbonyl (C=O) groups is 2. The third-order valence-electron chi connectivity index (χ3n) is 7.19. The molecule has 5 rings (SSSR count). The second-order valence-corrected chi connectivity index (χ2v) is 9.58. The Morgan fingerprint density at radius 3 is 2.47 bits per heavy atom. The summed E-state index contributed by atoms with van der Waals surface area (Å²) >= 11 is 0. The van der Waals surface area contributed by atoms with E-state index in [4.69, 9.17) is 9.47 Å². The molecule has 7 nitrogen and oxygen atoms in total. The number of likely N-dealkylation sites (tertiary alicyclic amines) is 1. The standard InChI is InChI=1S/C27H33N3O4/c31-25(24-10-5-4-9-23(24)20-28-15-17-33-18-16-28)29-13-6-11-27(12-14-29)21-30(26(32)34-27)19-22-7-2-1-3-8-22/h1-5,7-10H,6,11-21H2. The lowest BCUT2D eigenvalue weighted by Crippen LogP contribution is -2.38. The molecule has 3 saturated heterocycles.